The van der Waals surface area contributed by atoms with Crippen molar-refractivity contribution in [1.82, 2.24) is 0 Å². The van der Waals surface area contributed by atoms with Crippen molar-refractivity contribution < 1.29 is 70.6 Å². The van der Waals surface area contributed by atoms with Crippen molar-refractivity contribution in [2.24, 2.45) is 0 Å². The van der Waals surface area contributed by atoms with Gasteiger partial charge >= 0.3 is 35.9 Å². The zero-order valence-electron chi connectivity index (χ0n) is 15.9. The summed E-state index contributed by atoms with van der Waals surface area (Å²) in [6.07, 6.45) is -7.57. The number of benzene rings is 1. The van der Waals surface area contributed by atoms with Gasteiger partial charge in [-0.25, -0.2) is 8.78 Å². The standard InChI is InChI=1S/C16H9F15N2O/c1-4-2-6(33)7(3-5(4)32)34-11(20)9(18)8(17)10(19)12(21,22)13(23,24)14(25,26)15(27,28)16(29,30)31/h2-3H,32-33H2,1H3. The van der Waals surface area contributed by atoms with E-state index in [9.17, 15) is 65.9 Å². The largest absolute Gasteiger partial charge is 0.460 e. The van der Waals surface area contributed by atoms with Gasteiger partial charge in [0.2, 0.25) is 17.5 Å². The van der Waals surface area contributed by atoms with Crippen LogP contribution in [0.3, 0.4) is 0 Å². The van der Waals surface area contributed by atoms with Crippen LogP contribution in [0, 0.1) is 6.92 Å². The fourth-order valence-corrected chi connectivity index (χ4v) is 1.99. The van der Waals surface area contributed by atoms with Crippen LogP contribution < -0.4 is 16.2 Å². The molecule has 0 bridgehead atoms. The lowest BCUT2D eigenvalue weighted by molar-refractivity contribution is -0.419. The van der Waals surface area contributed by atoms with E-state index in [-0.39, 0.29) is 11.3 Å². The number of aryl methyl sites for hydroxylation is 1. The minimum atomic E-state index is -8.11. The molecule has 0 saturated heterocycles. The van der Waals surface area contributed by atoms with Crippen LogP contribution in [-0.2, 0) is 0 Å². The monoisotopic (exact) mass is 530 g/mol. The second-order valence-electron chi connectivity index (χ2n) is 6.36. The van der Waals surface area contributed by atoms with Crippen molar-refractivity contribution in [2.75, 3.05) is 11.5 Å². The maximum atomic E-state index is 13.7. The third-order valence-corrected chi connectivity index (χ3v) is 3.97. The van der Waals surface area contributed by atoms with Crippen LogP contribution in [0.4, 0.5) is 77.2 Å². The van der Waals surface area contributed by atoms with E-state index in [0.717, 1.165) is 6.07 Å². The van der Waals surface area contributed by atoms with E-state index in [4.69, 9.17) is 11.5 Å². The Balaban J connectivity index is 3.55. The zero-order valence-corrected chi connectivity index (χ0v) is 15.9. The average molecular weight is 530 g/mol. The molecule has 18 heteroatoms. The number of alkyl halides is 11. The molecule has 0 aliphatic carbocycles. The second-order valence-corrected chi connectivity index (χ2v) is 6.36. The van der Waals surface area contributed by atoms with Crippen molar-refractivity contribution in [3.63, 3.8) is 0 Å². The van der Waals surface area contributed by atoms with E-state index in [1.54, 1.807) is 0 Å². The van der Waals surface area contributed by atoms with Gasteiger partial charge in [0, 0.05) is 11.8 Å². The molecule has 0 spiro atoms. The Labute approximate surface area is 178 Å². The van der Waals surface area contributed by atoms with Crippen LogP contribution in [0.2, 0.25) is 0 Å². The first-order chi connectivity index (χ1) is 14.9. The van der Waals surface area contributed by atoms with Crippen LogP contribution in [0.5, 0.6) is 5.75 Å². The molecule has 1 rings (SSSR count). The molecular formula is C16H9F15N2O. The SMILES string of the molecule is Cc1cc(N)c(OC(F)=C(F)C(F)=C(F)C(F)(F)C(F)(F)C(F)(F)C(F)(F)C(F)(F)F)cc1N. The van der Waals surface area contributed by atoms with Gasteiger partial charge in [0.1, 0.15) is 0 Å². The Hall–Kier alpha value is -2.95. The molecule has 0 aromatic heterocycles. The highest BCUT2D eigenvalue weighted by Gasteiger charge is 2.88. The predicted octanol–water partition coefficient (Wildman–Crippen LogP) is 6.90. The molecule has 0 heterocycles. The first kappa shape index (κ1) is 29.1. The quantitative estimate of drug-likeness (QED) is 0.175. The number of hydrogen-bond donors (Lipinski definition) is 2. The molecule has 1 aromatic carbocycles. The van der Waals surface area contributed by atoms with Crippen LogP contribution in [-0.4, -0.2) is 29.9 Å². The maximum Gasteiger partial charge on any atom is 0.460 e. The number of nitrogens with two attached hydrogens (primary N) is 2. The lowest BCUT2D eigenvalue weighted by Gasteiger charge is -2.36. The van der Waals surface area contributed by atoms with E-state index in [1.165, 1.54) is 6.92 Å². The van der Waals surface area contributed by atoms with E-state index in [0.29, 0.717) is 6.07 Å². The normalized spacial score (nSPS) is 15.6. The van der Waals surface area contributed by atoms with Crippen molar-refractivity contribution in [1.29, 1.82) is 0 Å². The van der Waals surface area contributed by atoms with Gasteiger partial charge in [-0.15, -0.1) is 0 Å². The van der Waals surface area contributed by atoms with Gasteiger partial charge in [-0.1, -0.05) is 0 Å². The summed E-state index contributed by atoms with van der Waals surface area (Å²) in [5.74, 6) is -44.8. The van der Waals surface area contributed by atoms with Crippen molar-refractivity contribution in [2.45, 2.75) is 36.8 Å². The van der Waals surface area contributed by atoms with E-state index < -0.39 is 64.8 Å². The molecule has 0 saturated carbocycles. The Morgan fingerprint density at radius 1 is 0.676 bits per heavy atom. The highest BCUT2D eigenvalue weighted by molar-refractivity contribution is 5.64. The van der Waals surface area contributed by atoms with Gasteiger partial charge in [0.15, 0.2) is 5.75 Å². The molecule has 0 atom stereocenters. The maximum absolute atomic E-state index is 13.7. The van der Waals surface area contributed by atoms with Crippen LogP contribution in [0.1, 0.15) is 5.56 Å². The summed E-state index contributed by atoms with van der Waals surface area (Å²) < 4.78 is 200. The molecule has 3 nitrogen and oxygen atoms in total. The molecule has 0 amide bonds. The number of anilines is 2. The molecule has 0 radical (unpaired) electrons. The zero-order chi connectivity index (χ0) is 27.2. The summed E-state index contributed by atoms with van der Waals surface area (Å²) in [4.78, 5) is 0. The molecule has 0 aliphatic heterocycles. The lowest BCUT2D eigenvalue weighted by atomic mass is 9.97. The molecule has 1 aromatic rings. The summed E-state index contributed by atoms with van der Waals surface area (Å²) in [7, 11) is 0. The highest BCUT2D eigenvalue weighted by atomic mass is 19.4. The number of hydrogen-bond acceptors (Lipinski definition) is 3. The number of ether oxygens (including phenoxy) is 1. The van der Waals surface area contributed by atoms with E-state index >= 15 is 0 Å². The van der Waals surface area contributed by atoms with Crippen molar-refractivity contribution >= 4 is 11.4 Å². The topological polar surface area (TPSA) is 61.3 Å². The molecule has 0 unspecified atom stereocenters. The van der Waals surface area contributed by atoms with Crippen molar-refractivity contribution in [3.8, 4) is 5.75 Å². The lowest BCUT2D eigenvalue weighted by Crippen LogP contribution is -2.66. The second kappa shape index (κ2) is 8.68. The fraction of sp³-hybridized carbons (Fsp3) is 0.375. The molecule has 0 fully saturated rings. The summed E-state index contributed by atoms with van der Waals surface area (Å²) >= 11 is 0. The summed E-state index contributed by atoms with van der Waals surface area (Å²) in [6.45, 7) is 1.33. The minimum Gasteiger partial charge on any atom is -0.427 e. The number of nitrogen functional groups attached to an aromatic ring is 2. The minimum absolute atomic E-state index is 0.213. The van der Waals surface area contributed by atoms with Gasteiger partial charge < -0.3 is 16.2 Å². The smallest absolute Gasteiger partial charge is 0.427 e. The highest BCUT2D eigenvalue weighted by Crippen LogP contribution is 2.59. The number of rotatable bonds is 7. The Morgan fingerprint density at radius 3 is 1.59 bits per heavy atom. The summed E-state index contributed by atoms with van der Waals surface area (Å²) in [5.41, 5.74) is 10.0. The predicted molar refractivity (Wildman–Crippen MR) is 85.0 cm³/mol. The Morgan fingerprint density at radius 2 is 1.15 bits per heavy atom. The number of allylic oxidation sites excluding steroid dienone is 3. The molecule has 4 N–H and O–H groups in total. The third kappa shape index (κ3) is 4.53. The third-order valence-electron chi connectivity index (χ3n) is 3.97. The van der Waals surface area contributed by atoms with E-state index in [2.05, 4.69) is 4.74 Å². The molecular weight excluding hydrogens is 521 g/mol. The van der Waals surface area contributed by atoms with Crippen molar-refractivity contribution in [3.05, 3.63) is 41.2 Å². The Bertz CT molecular complexity index is 1010. The first-order valence-corrected chi connectivity index (χ1v) is 7.98. The molecule has 34 heavy (non-hydrogen) atoms. The van der Waals surface area contributed by atoms with Gasteiger partial charge in [-0.05, 0) is 18.6 Å². The Kier molecular flexibility index (Phi) is 7.42. The molecule has 0 aliphatic rings. The van der Waals surface area contributed by atoms with Gasteiger partial charge in [-0.3, -0.25) is 0 Å². The first-order valence-electron chi connectivity index (χ1n) is 7.98. The van der Waals surface area contributed by atoms with Gasteiger partial charge in [0.05, 0.1) is 5.69 Å². The van der Waals surface area contributed by atoms with Gasteiger partial charge in [0.25, 0.3) is 0 Å². The molecule has 194 valence electrons. The fourth-order valence-electron chi connectivity index (χ4n) is 1.99. The average Bonchev–Trinajstić information content (AvgIpc) is 2.68. The summed E-state index contributed by atoms with van der Waals surface area (Å²) in [5, 5.41) is 0. The van der Waals surface area contributed by atoms with Crippen LogP contribution in [0.15, 0.2) is 35.6 Å². The van der Waals surface area contributed by atoms with E-state index in [1.807, 2.05) is 0 Å². The number of halogens is 15. The van der Waals surface area contributed by atoms with Gasteiger partial charge in [-0.2, -0.15) is 57.1 Å². The van der Waals surface area contributed by atoms with Crippen LogP contribution in [0.25, 0.3) is 0 Å². The summed E-state index contributed by atoms with van der Waals surface area (Å²) in [6, 6.07) is -1.45. The van der Waals surface area contributed by atoms with Crippen LogP contribution >= 0.6 is 0 Å².